The minimum absolute atomic E-state index is 0.208. The van der Waals surface area contributed by atoms with Gasteiger partial charge >= 0.3 is 0 Å². The summed E-state index contributed by atoms with van der Waals surface area (Å²) in [6, 6.07) is 24.9. The number of carbonyl (C=O) groups is 2. The molecule has 2 N–H and O–H groups in total. The predicted molar refractivity (Wildman–Crippen MR) is 138 cm³/mol. The molecule has 0 radical (unpaired) electrons. The molecule has 0 aliphatic carbocycles. The minimum Gasteiger partial charge on any atom is -0.483 e. The molecule has 0 unspecified atom stereocenters. The molecule has 4 aromatic rings. The maximum absolute atomic E-state index is 13.2. The molecule has 4 rings (SSSR count). The third-order valence-corrected chi connectivity index (χ3v) is 5.85. The fourth-order valence-electron chi connectivity index (χ4n) is 3.94. The highest BCUT2D eigenvalue weighted by atomic mass is 16.5. The molecule has 5 nitrogen and oxygen atoms in total. The van der Waals surface area contributed by atoms with E-state index in [9.17, 15) is 9.59 Å². The van der Waals surface area contributed by atoms with E-state index in [1.807, 2.05) is 80.6 Å². The number of amides is 2. The van der Waals surface area contributed by atoms with Crippen LogP contribution in [-0.2, 0) is 11.2 Å². The average Bonchev–Trinajstić information content (AvgIpc) is 2.84. The Hall–Kier alpha value is -4.12. The molecule has 4 aromatic carbocycles. The number of anilines is 2. The van der Waals surface area contributed by atoms with E-state index in [0.717, 1.165) is 45.3 Å². The van der Waals surface area contributed by atoms with Crippen LogP contribution < -0.4 is 15.4 Å². The Bertz CT molecular complexity index is 1360. The fraction of sp³-hybridized carbons (Fsp3) is 0.172. The molecule has 0 saturated carbocycles. The number of hydrogen-bond donors (Lipinski definition) is 2. The van der Waals surface area contributed by atoms with E-state index in [1.54, 1.807) is 12.1 Å². The standard InChI is InChI=1S/C29H28N2O3/c1-4-21-14-9-11-20(3)28(21)31-27(32)18-34-26-17-23-13-7-6-12-22(23)16-24(26)29(33)30-25-15-8-5-10-19(25)2/h5-17H,4,18H2,1-3H3,(H,30,33)(H,31,32). The average molecular weight is 453 g/mol. The first-order chi connectivity index (χ1) is 16.5. The van der Waals surface area contributed by atoms with Gasteiger partial charge in [-0.1, -0.05) is 67.6 Å². The van der Waals surface area contributed by atoms with Gasteiger partial charge in [-0.15, -0.1) is 0 Å². The van der Waals surface area contributed by atoms with Gasteiger partial charge in [0.05, 0.1) is 5.56 Å². The van der Waals surface area contributed by atoms with Crippen LogP contribution in [0.25, 0.3) is 10.8 Å². The van der Waals surface area contributed by atoms with Gasteiger partial charge in [0.25, 0.3) is 11.8 Å². The first-order valence-electron chi connectivity index (χ1n) is 11.4. The van der Waals surface area contributed by atoms with Gasteiger partial charge in [0.15, 0.2) is 6.61 Å². The van der Waals surface area contributed by atoms with E-state index < -0.39 is 0 Å². The number of rotatable bonds is 7. The second kappa shape index (κ2) is 10.2. The summed E-state index contributed by atoms with van der Waals surface area (Å²) in [4.78, 5) is 26.0. The van der Waals surface area contributed by atoms with Crippen molar-refractivity contribution < 1.29 is 14.3 Å². The van der Waals surface area contributed by atoms with Crippen molar-refractivity contribution in [1.82, 2.24) is 0 Å². The monoisotopic (exact) mass is 452 g/mol. The number of nitrogens with one attached hydrogen (secondary N) is 2. The largest absolute Gasteiger partial charge is 0.483 e. The number of ether oxygens (including phenoxy) is 1. The fourth-order valence-corrected chi connectivity index (χ4v) is 3.94. The van der Waals surface area contributed by atoms with Crippen molar-refractivity contribution in [2.75, 3.05) is 17.2 Å². The lowest BCUT2D eigenvalue weighted by Gasteiger charge is -2.16. The summed E-state index contributed by atoms with van der Waals surface area (Å²) < 4.78 is 5.91. The van der Waals surface area contributed by atoms with Crippen LogP contribution >= 0.6 is 0 Å². The van der Waals surface area contributed by atoms with Gasteiger partial charge in [-0.3, -0.25) is 9.59 Å². The molecule has 172 valence electrons. The summed E-state index contributed by atoms with van der Waals surface area (Å²) in [6.07, 6.45) is 0.812. The van der Waals surface area contributed by atoms with E-state index >= 15 is 0 Å². The van der Waals surface area contributed by atoms with Crippen LogP contribution in [0.1, 0.15) is 34.0 Å². The van der Waals surface area contributed by atoms with Crippen molar-refractivity contribution in [3.05, 3.63) is 101 Å². The second-order valence-corrected chi connectivity index (χ2v) is 8.26. The topological polar surface area (TPSA) is 67.4 Å². The normalized spacial score (nSPS) is 10.7. The second-order valence-electron chi connectivity index (χ2n) is 8.26. The van der Waals surface area contributed by atoms with Crippen molar-refractivity contribution in [2.45, 2.75) is 27.2 Å². The molecule has 0 aliphatic heterocycles. The van der Waals surface area contributed by atoms with Crippen molar-refractivity contribution in [1.29, 1.82) is 0 Å². The number of para-hydroxylation sites is 2. The van der Waals surface area contributed by atoms with Gasteiger partial charge in [0.1, 0.15) is 5.75 Å². The smallest absolute Gasteiger partial charge is 0.262 e. The molecule has 0 saturated heterocycles. The Morgan fingerprint density at radius 3 is 2.21 bits per heavy atom. The number of benzene rings is 4. The SMILES string of the molecule is CCc1cccc(C)c1NC(=O)COc1cc2ccccc2cc1C(=O)Nc1ccccc1C. The van der Waals surface area contributed by atoms with E-state index in [4.69, 9.17) is 4.74 Å². The molecule has 0 bridgehead atoms. The van der Waals surface area contributed by atoms with Gasteiger partial charge in [-0.05, 0) is 65.9 Å². The molecule has 0 fully saturated rings. The van der Waals surface area contributed by atoms with E-state index in [0.29, 0.717) is 11.3 Å². The lowest BCUT2D eigenvalue weighted by molar-refractivity contribution is -0.118. The van der Waals surface area contributed by atoms with Crippen LogP contribution in [0, 0.1) is 13.8 Å². The Morgan fingerprint density at radius 1 is 0.794 bits per heavy atom. The highest BCUT2D eigenvalue weighted by molar-refractivity contribution is 6.09. The third kappa shape index (κ3) is 5.09. The van der Waals surface area contributed by atoms with Crippen LogP contribution in [0.2, 0.25) is 0 Å². The number of aryl methyl sites for hydroxylation is 3. The van der Waals surface area contributed by atoms with Crippen LogP contribution in [0.4, 0.5) is 11.4 Å². The molecule has 2 amide bonds. The molecule has 0 atom stereocenters. The number of hydrogen-bond acceptors (Lipinski definition) is 3. The zero-order valence-electron chi connectivity index (χ0n) is 19.6. The van der Waals surface area contributed by atoms with Gasteiger partial charge in [-0.25, -0.2) is 0 Å². The summed E-state index contributed by atoms with van der Waals surface area (Å²) in [5.41, 5.74) is 4.95. The summed E-state index contributed by atoms with van der Waals surface area (Å²) >= 11 is 0. The lowest BCUT2D eigenvalue weighted by Crippen LogP contribution is -2.22. The van der Waals surface area contributed by atoms with E-state index in [1.165, 1.54) is 0 Å². The summed E-state index contributed by atoms with van der Waals surface area (Å²) in [5, 5.41) is 7.78. The number of carbonyl (C=O) groups excluding carboxylic acids is 2. The van der Waals surface area contributed by atoms with Crippen LogP contribution in [0.5, 0.6) is 5.75 Å². The summed E-state index contributed by atoms with van der Waals surface area (Å²) in [5.74, 6) is -0.203. The van der Waals surface area contributed by atoms with Gasteiger partial charge in [0.2, 0.25) is 0 Å². The van der Waals surface area contributed by atoms with Crippen LogP contribution in [-0.4, -0.2) is 18.4 Å². The Morgan fingerprint density at radius 2 is 1.47 bits per heavy atom. The molecule has 0 aliphatic rings. The molecule has 5 heteroatoms. The zero-order chi connectivity index (χ0) is 24.1. The molecule has 0 spiro atoms. The molecular weight excluding hydrogens is 424 g/mol. The summed E-state index contributed by atoms with van der Waals surface area (Å²) in [6.45, 7) is 5.75. The lowest BCUT2D eigenvalue weighted by atomic mass is 10.0. The highest BCUT2D eigenvalue weighted by Gasteiger charge is 2.17. The van der Waals surface area contributed by atoms with E-state index in [-0.39, 0.29) is 18.4 Å². The molecule has 0 heterocycles. The van der Waals surface area contributed by atoms with E-state index in [2.05, 4.69) is 17.6 Å². The maximum Gasteiger partial charge on any atom is 0.262 e. The van der Waals surface area contributed by atoms with Crippen molar-refractivity contribution >= 4 is 34.0 Å². The Balaban J connectivity index is 1.58. The summed E-state index contributed by atoms with van der Waals surface area (Å²) in [7, 11) is 0. The first kappa shape index (κ1) is 23.1. The van der Waals surface area contributed by atoms with Gasteiger partial charge in [-0.2, -0.15) is 0 Å². The van der Waals surface area contributed by atoms with Gasteiger partial charge in [0, 0.05) is 11.4 Å². The number of fused-ring (bicyclic) bond motifs is 1. The molecular formula is C29H28N2O3. The third-order valence-electron chi connectivity index (χ3n) is 5.85. The minimum atomic E-state index is -0.289. The van der Waals surface area contributed by atoms with Crippen LogP contribution in [0.15, 0.2) is 78.9 Å². The quantitative estimate of drug-likeness (QED) is 0.346. The van der Waals surface area contributed by atoms with Crippen molar-refractivity contribution in [3.63, 3.8) is 0 Å². The Kier molecular flexibility index (Phi) is 6.93. The Labute approximate surface area is 199 Å². The van der Waals surface area contributed by atoms with Crippen molar-refractivity contribution in [3.8, 4) is 5.75 Å². The maximum atomic E-state index is 13.2. The molecule has 34 heavy (non-hydrogen) atoms. The predicted octanol–water partition coefficient (Wildman–Crippen LogP) is 6.29. The zero-order valence-corrected chi connectivity index (χ0v) is 19.6. The van der Waals surface area contributed by atoms with Crippen molar-refractivity contribution in [2.24, 2.45) is 0 Å². The van der Waals surface area contributed by atoms with Crippen LogP contribution in [0.3, 0.4) is 0 Å². The first-order valence-corrected chi connectivity index (χ1v) is 11.4. The molecule has 0 aromatic heterocycles. The van der Waals surface area contributed by atoms with Gasteiger partial charge < -0.3 is 15.4 Å². The highest BCUT2D eigenvalue weighted by Crippen LogP contribution is 2.28.